The predicted octanol–water partition coefficient (Wildman–Crippen LogP) is 4.53. The maximum absolute atomic E-state index is 12.8. The Morgan fingerprint density at radius 2 is 1.97 bits per heavy atom. The minimum Gasteiger partial charge on any atom is -0.493 e. The van der Waals surface area contributed by atoms with Crippen LogP contribution in [0.25, 0.3) is 0 Å². The van der Waals surface area contributed by atoms with Crippen LogP contribution in [-0.4, -0.2) is 35.1 Å². The van der Waals surface area contributed by atoms with Gasteiger partial charge in [0.2, 0.25) is 0 Å². The normalized spacial score (nSPS) is 17.9. The average molecular weight is 460 g/mol. The van der Waals surface area contributed by atoms with E-state index in [1.165, 1.54) is 19.3 Å². The Balaban J connectivity index is 1.23. The molecule has 1 amide bonds. The summed E-state index contributed by atoms with van der Waals surface area (Å²) in [6, 6.07) is 15.8. The highest BCUT2D eigenvalue weighted by Crippen LogP contribution is 2.32. The fraction of sp³-hybridized carbons (Fsp3) is 0.346. The minimum absolute atomic E-state index is 0.0850. The van der Waals surface area contributed by atoms with Crippen LogP contribution in [0, 0.1) is 0 Å². The molecule has 1 saturated carbocycles. The quantitative estimate of drug-likeness (QED) is 0.400. The van der Waals surface area contributed by atoms with Gasteiger partial charge in [0.25, 0.3) is 5.91 Å². The molecular formula is C26H29N5O3. The molecule has 1 aliphatic heterocycles. The molecule has 1 aliphatic carbocycles. The fourth-order valence-electron chi connectivity index (χ4n) is 4.55. The molecule has 3 aromatic rings. The molecule has 34 heavy (non-hydrogen) atoms. The summed E-state index contributed by atoms with van der Waals surface area (Å²) in [4.78, 5) is 12.8. The number of carbonyl (C=O) groups excluding carboxylic acids is 1. The van der Waals surface area contributed by atoms with Gasteiger partial charge in [-0.15, -0.1) is 0 Å². The van der Waals surface area contributed by atoms with Crippen molar-refractivity contribution in [3.05, 3.63) is 71.4 Å². The van der Waals surface area contributed by atoms with Gasteiger partial charge in [0.15, 0.2) is 11.5 Å². The molecule has 2 heterocycles. The Hall–Kier alpha value is -3.81. The van der Waals surface area contributed by atoms with Crippen LogP contribution in [0.15, 0.2) is 59.8 Å². The Morgan fingerprint density at radius 1 is 1.15 bits per heavy atom. The van der Waals surface area contributed by atoms with E-state index in [4.69, 9.17) is 9.47 Å². The van der Waals surface area contributed by atoms with Crippen molar-refractivity contribution in [3.8, 4) is 11.5 Å². The van der Waals surface area contributed by atoms with Crippen LogP contribution in [0.1, 0.15) is 59.6 Å². The topological polar surface area (TPSA) is 89.8 Å². The number of anilines is 1. The summed E-state index contributed by atoms with van der Waals surface area (Å²) in [5.74, 6) is 1.79. The zero-order valence-electron chi connectivity index (χ0n) is 19.2. The summed E-state index contributed by atoms with van der Waals surface area (Å²) in [5, 5.41) is 11.9. The molecule has 8 heteroatoms. The van der Waals surface area contributed by atoms with Gasteiger partial charge in [-0.05, 0) is 55.0 Å². The highest BCUT2D eigenvalue weighted by atomic mass is 16.5. The van der Waals surface area contributed by atoms with Crippen molar-refractivity contribution < 1.29 is 14.3 Å². The van der Waals surface area contributed by atoms with E-state index in [1.54, 1.807) is 19.5 Å². The second-order valence-electron chi connectivity index (χ2n) is 8.68. The summed E-state index contributed by atoms with van der Waals surface area (Å²) in [6.07, 6.45) is 9.17. The minimum atomic E-state index is -0.314. The summed E-state index contributed by atoms with van der Waals surface area (Å²) in [7, 11) is 1.64. The second-order valence-corrected chi connectivity index (χ2v) is 8.68. The first-order chi connectivity index (χ1) is 16.7. The summed E-state index contributed by atoms with van der Waals surface area (Å²) < 4.78 is 13.5. The lowest BCUT2D eigenvalue weighted by Crippen LogP contribution is -2.20. The molecule has 2 aromatic carbocycles. The van der Waals surface area contributed by atoms with Crippen molar-refractivity contribution in [1.29, 1.82) is 0 Å². The molecule has 1 unspecified atom stereocenters. The number of nitrogens with one attached hydrogen (secondary N) is 2. The van der Waals surface area contributed by atoms with Crippen molar-refractivity contribution in [2.24, 2.45) is 5.10 Å². The van der Waals surface area contributed by atoms with Crippen molar-refractivity contribution in [3.63, 3.8) is 0 Å². The third-order valence-corrected chi connectivity index (χ3v) is 6.37. The SMILES string of the molecule is COc1ccc(/C=N/NC(=O)c2cnn3c2NC(c2ccccc2)C3)cc1OC1CCCCC1. The highest BCUT2D eigenvalue weighted by molar-refractivity contribution is 5.99. The van der Waals surface area contributed by atoms with E-state index in [0.717, 1.165) is 24.0 Å². The first kappa shape index (κ1) is 22.0. The molecule has 1 atom stereocenters. The van der Waals surface area contributed by atoms with Gasteiger partial charge in [0.1, 0.15) is 11.4 Å². The van der Waals surface area contributed by atoms with Gasteiger partial charge >= 0.3 is 0 Å². The number of hydrazone groups is 1. The van der Waals surface area contributed by atoms with E-state index in [0.29, 0.717) is 29.4 Å². The lowest BCUT2D eigenvalue weighted by Gasteiger charge is -2.24. The molecule has 8 nitrogen and oxygen atoms in total. The zero-order chi connectivity index (χ0) is 23.3. The number of amides is 1. The van der Waals surface area contributed by atoms with E-state index >= 15 is 0 Å². The van der Waals surface area contributed by atoms with Crippen LogP contribution in [0.3, 0.4) is 0 Å². The number of rotatable bonds is 7. The summed E-state index contributed by atoms with van der Waals surface area (Å²) in [5.41, 5.74) is 5.05. The Morgan fingerprint density at radius 3 is 2.76 bits per heavy atom. The largest absolute Gasteiger partial charge is 0.493 e. The van der Waals surface area contributed by atoms with Crippen LogP contribution in [-0.2, 0) is 6.54 Å². The van der Waals surface area contributed by atoms with Crippen LogP contribution < -0.4 is 20.2 Å². The van der Waals surface area contributed by atoms with Crippen molar-refractivity contribution in [2.75, 3.05) is 12.4 Å². The molecule has 5 rings (SSSR count). The van der Waals surface area contributed by atoms with Crippen molar-refractivity contribution in [1.82, 2.24) is 15.2 Å². The third kappa shape index (κ3) is 4.76. The van der Waals surface area contributed by atoms with Gasteiger partial charge in [-0.1, -0.05) is 36.8 Å². The van der Waals surface area contributed by atoms with Crippen LogP contribution >= 0.6 is 0 Å². The highest BCUT2D eigenvalue weighted by Gasteiger charge is 2.28. The second kappa shape index (κ2) is 9.99. The lowest BCUT2D eigenvalue weighted by atomic mass is 9.98. The Bertz CT molecular complexity index is 1170. The Kier molecular flexibility index (Phi) is 6.46. The van der Waals surface area contributed by atoms with Crippen molar-refractivity contribution >= 4 is 17.9 Å². The van der Waals surface area contributed by atoms with E-state index < -0.39 is 0 Å². The fourth-order valence-corrected chi connectivity index (χ4v) is 4.55. The summed E-state index contributed by atoms with van der Waals surface area (Å²) in [6.45, 7) is 0.672. The first-order valence-corrected chi connectivity index (χ1v) is 11.8. The number of hydrogen-bond donors (Lipinski definition) is 2. The molecule has 0 bridgehead atoms. The Labute approximate surface area is 199 Å². The molecule has 0 spiro atoms. The number of methoxy groups -OCH3 is 1. The van der Waals surface area contributed by atoms with Gasteiger partial charge in [-0.2, -0.15) is 10.2 Å². The molecular weight excluding hydrogens is 430 g/mol. The predicted molar refractivity (Wildman–Crippen MR) is 131 cm³/mol. The number of hydrogen-bond acceptors (Lipinski definition) is 6. The zero-order valence-corrected chi connectivity index (χ0v) is 19.2. The molecule has 1 aromatic heterocycles. The molecule has 2 aliphatic rings. The van der Waals surface area contributed by atoms with Crippen LogP contribution in [0.2, 0.25) is 0 Å². The van der Waals surface area contributed by atoms with Gasteiger partial charge in [-0.3, -0.25) is 4.79 Å². The van der Waals surface area contributed by atoms with Gasteiger partial charge < -0.3 is 14.8 Å². The van der Waals surface area contributed by atoms with Gasteiger partial charge in [0, 0.05) is 0 Å². The van der Waals surface area contributed by atoms with E-state index in [9.17, 15) is 4.79 Å². The number of aromatic nitrogens is 2. The molecule has 0 radical (unpaired) electrons. The number of benzene rings is 2. The van der Waals surface area contributed by atoms with Gasteiger partial charge in [0.05, 0.1) is 38.2 Å². The maximum Gasteiger partial charge on any atom is 0.276 e. The van der Waals surface area contributed by atoms with E-state index in [2.05, 4.69) is 33.1 Å². The maximum atomic E-state index is 12.8. The molecule has 176 valence electrons. The molecule has 1 fully saturated rings. The standard InChI is InChI=1S/C26H29N5O3/c1-33-23-13-12-18(14-24(23)34-20-10-6-3-7-11-20)15-27-30-26(32)21-16-28-31-17-22(29-25(21)31)19-8-4-2-5-9-19/h2,4-5,8-9,12-16,20,22,29H,3,6-7,10-11,17H2,1H3,(H,30,32)/b27-15+. The van der Waals surface area contributed by atoms with Crippen molar-refractivity contribution in [2.45, 2.75) is 50.8 Å². The van der Waals surface area contributed by atoms with E-state index in [1.807, 2.05) is 41.1 Å². The van der Waals surface area contributed by atoms with Crippen LogP contribution in [0.4, 0.5) is 5.82 Å². The smallest absolute Gasteiger partial charge is 0.276 e. The third-order valence-electron chi connectivity index (χ3n) is 6.37. The molecule has 2 N–H and O–H groups in total. The number of ether oxygens (including phenoxy) is 2. The number of carbonyl (C=O) groups is 1. The van der Waals surface area contributed by atoms with E-state index in [-0.39, 0.29) is 18.1 Å². The average Bonchev–Trinajstić information content (AvgIpc) is 3.47. The number of nitrogens with zero attached hydrogens (tertiary/aromatic N) is 3. The van der Waals surface area contributed by atoms with Gasteiger partial charge in [-0.25, -0.2) is 10.1 Å². The monoisotopic (exact) mass is 459 g/mol. The molecule has 0 saturated heterocycles. The first-order valence-electron chi connectivity index (χ1n) is 11.8. The van der Waals surface area contributed by atoms with Crippen LogP contribution in [0.5, 0.6) is 11.5 Å². The lowest BCUT2D eigenvalue weighted by molar-refractivity contribution is 0.0956. The summed E-state index contributed by atoms with van der Waals surface area (Å²) >= 11 is 0. The number of fused-ring (bicyclic) bond motifs is 1.